The molecule has 29 heavy (non-hydrogen) atoms. The van der Waals surface area contributed by atoms with E-state index in [1.54, 1.807) is 10.6 Å². The standard InChI is InChI=1S/C23H26N4O2/c1-16-7-5-9-18(13-16)14-24-22(28)21-25-20(19-10-3-4-12-27(19)21)23(29)26-11-6-8-17(2)15-26/h3-5,7,9-10,12-13,17H,6,8,11,14-15H2,1-2H3,(H,24,28). The highest BCUT2D eigenvalue weighted by Gasteiger charge is 2.27. The highest BCUT2D eigenvalue weighted by Crippen LogP contribution is 2.21. The third-order valence-corrected chi connectivity index (χ3v) is 5.43. The SMILES string of the molecule is Cc1cccc(CNC(=O)c2nc(C(=O)N3CCCC(C)C3)c3ccccn23)c1. The highest BCUT2D eigenvalue weighted by molar-refractivity contribution is 6.02. The number of rotatable bonds is 4. The van der Waals surface area contributed by atoms with Crippen molar-refractivity contribution in [2.45, 2.75) is 33.2 Å². The average Bonchev–Trinajstić information content (AvgIpc) is 3.11. The minimum absolute atomic E-state index is 0.0991. The van der Waals surface area contributed by atoms with Crippen molar-refractivity contribution >= 4 is 17.3 Å². The molecule has 0 spiro atoms. The molecule has 3 aromatic rings. The highest BCUT2D eigenvalue weighted by atomic mass is 16.2. The number of pyridine rings is 1. The number of aryl methyl sites for hydroxylation is 1. The van der Waals surface area contributed by atoms with Gasteiger partial charge in [-0.2, -0.15) is 0 Å². The van der Waals surface area contributed by atoms with Gasteiger partial charge in [0.25, 0.3) is 11.8 Å². The van der Waals surface area contributed by atoms with Crippen LogP contribution >= 0.6 is 0 Å². The van der Waals surface area contributed by atoms with Crippen molar-refractivity contribution in [1.82, 2.24) is 19.6 Å². The third kappa shape index (κ3) is 4.01. The zero-order chi connectivity index (χ0) is 20.4. The second-order valence-electron chi connectivity index (χ2n) is 7.91. The van der Waals surface area contributed by atoms with Crippen LogP contribution in [0.15, 0.2) is 48.7 Å². The van der Waals surface area contributed by atoms with Crippen LogP contribution in [0.1, 0.15) is 52.0 Å². The molecule has 0 bridgehead atoms. The monoisotopic (exact) mass is 390 g/mol. The van der Waals surface area contributed by atoms with E-state index in [-0.39, 0.29) is 17.6 Å². The van der Waals surface area contributed by atoms with Crippen LogP contribution < -0.4 is 5.32 Å². The summed E-state index contributed by atoms with van der Waals surface area (Å²) in [5, 5.41) is 2.93. The summed E-state index contributed by atoms with van der Waals surface area (Å²) < 4.78 is 1.70. The number of nitrogens with zero attached hydrogens (tertiary/aromatic N) is 3. The molecule has 1 aromatic carbocycles. The van der Waals surface area contributed by atoms with Gasteiger partial charge in [-0.15, -0.1) is 0 Å². The Balaban J connectivity index is 1.60. The first kappa shape index (κ1) is 19.2. The van der Waals surface area contributed by atoms with E-state index in [0.717, 1.165) is 37.1 Å². The number of nitrogens with one attached hydrogen (secondary N) is 1. The van der Waals surface area contributed by atoms with Crippen LogP contribution in [-0.4, -0.2) is 39.2 Å². The summed E-state index contributed by atoms with van der Waals surface area (Å²) in [6, 6.07) is 13.5. The van der Waals surface area contributed by atoms with E-state index in [1.807, 2.05) is 54.3 Å². The smallest absolute Gasteiger partial charge is 0.287 e. The second kappa shape index (κ2) is 8.07. The molecule has 6 nitrogen and oxygen atoms in total. The lowest BCUT2D eigenvalue weighted by Crippen LogP contribution is -2.39. The zero-order valence-corrected chi connectivity index (χ0v) is 16.9. The van der Waals surface area contributed by atoms with E-state index >= 15 is 0 Å². The maximum Gasteiger partial charge on any atom is 0.287 e. The lowest BCUT2D eigenvalue weighted by atomic mass is 10.00. The lowest BCUT2D eigenvalue weighted by Gasteiger charge is -2.30. The Bertz CT molecular complexity index is 1060. The van der Waals surface area contributed by atoms with Crippen molar-refractivity contribution in [3.63, 3.8) is 0 Å². The molecule has 0 aliphatic carbocycles. The Morgan fingerprint density at radius 2 is 2.07 bits per heavy atom. The van der Waals surface area contributed by atoms with Gasteiger partial charge < -0.3 is 10.2 Å². The lowest BCUT2D eigenvalue weighted by molar-refractivity contribution is 0.0679. The molecule has 150 valence electrons. The summed E-state index contributed by atoms with van der Waals surface area (Å²) in [5.74, 6) is 0.331. The molecular weight excluding hydrogens is 364 g/mol. The Kier molecular flexibility index (Phi) is 5.34. The van der Waals surface area contributed by atoms with E-state index < -0.39 is 0 Å². The maximum absolute atomic E-state index is 13.1. The molecule has 2 amide bonds. The summed E-state index contributed by atoms with van der Waals surface area (Å²) in [6.45, 7) is 6.07. The first-order valence-electron chi connectivity index (χ1n) is 10.1. The van der Waals surface area contributed by atoms with Crippen molar-refractivity contribution in [1.29, 1.82) is 0 Å². The van der Waals surface area contributed by atoms with Gasteiger partial charge in [0.2, 0.25) is 5.82 Å². The Labute approximate surface area is 170 Å². The number of hydrogen-bond acceptors (Lipinski definition) is 3. The fourth-order valence-electron chi connectivity index (χ4n) is 3.96. The maximum atomic E-state index is 13.1. The zero-order valence-electron chi connectivity index (χ0n) is 16.9. The van der Waals surface area contributed by atoms with E-state index in [9.17, 15) is 9.59 Å². The summed E-state index contributed by atoms with van der Waals surface area (Å²) in [6.07, 6.45) is 3.92. The summed E-state index contributed by atoms with van der Waals surface area (Å²) in [5.41, 5.74) is 3.18. The summed E-state index contributed by atoms with van der Waals surface area (Å²) in [7, 11) is 0. The first-order chi connectivity index (χ1) is 14.0. The predicted molar refractivity (Wildman–Crippen MR) is 112 cm³/mol. The molecule has 1 unspecified atom stereocenters. The number of imidazole rings is 1. The van der Waals surface area contributed by atoms with Crippen LogP contribution in [0, 0.1) is 12.8 Å². The number of piperidine rings is 1. The van der Waals surface area contributed by atoms with Crippen LogP contribution in [0.4, 0.5) is 0 Å². The largest absolute Gasteiger partial charge is 0.345 e. The minimum Gasteiger partial charge on any atom is -0.345 e. The van der Waals surface area contributed by atoms with Crippen LogP contribution in [0.25, 0.3) is 5.52 Å². The van der Waals surface area contributed by atoms with Crippen molar-refractivity contribution in [2.75, 3.05) is 13.1 Å². The molecule has 1 atom stereocenters. The third-order valence-electron chi connectivity index (χ3n) is 5.43. The number of aromatic nitrogens is 2. The fraction of sp³-hybridized carbons (Fsp3) is 0.348. The van der Waals surface area contributed by atoms with Gasteiger partial charge in [-0.25, -0.2) is 4.98 Å². The fourth-order valence-corrected chi connectivity index (χ4v) is 3.96. The molecular formula is C23H26N4O2. The molecule has 1 aliphatic heterocycles. The van der Waals surface area contributed by atoms with E-state index in [1.165, 1.54) is 0 Å². The quantitative estimate of drug-likeness (QED) is 0.742. The normalized spacial score (nSPS) is 16.8. The Hall–Kier alpha value is -3.15. The van der Waals surface area contributed by atoms with Gasteiger partial charge >= 0.3 is 0 Å². The molecule has 3 heterocycles. The van der Waals surface area contributed by atoms with Gasteiger partial charge in [0, 0.05) is 25.8 Å². The number of fused-ring (bicyclic) bond motifs is 1. The van der Waals surface area contributed by atoms with Gasteiger partial charge in [0.15, 0.2) is 5.69 Å². The van der Waals surface area contributed by atoms with Crippen molar-refractivity contribution in [3.05, 3.63) is 71.3 Å². The van der Waals surface area contributed by atoms with Crippen LogP contribution in [-0.2, 0) is 6.54 Å². The molecule has 0 saturated carbocycles. The Morgan fingerprint density at radius 1 is 1.21 bits per heavy atom. The molecule has 1 N–H and O–H groups in total. The van der Waals surface area contributed by atoms with Gasteiger partial charge in [-0.05, 0) is 43.4 Å². The number of benzene rings is 1. The Morgan fingerprint density at radius 3 is 2.86 bits per heavy atom. The number of carbonyl (C=O) groups excluding carboxylic acids is 2. The molecule has 0 radical (unpaired) electrons. The number of hydrogen-bond donors (Lipinski definition) is 1. The molecule has 1 fully saturated rings. The molecule has 2 aromatic heterocycles. The van der Waals surface area contributed by atoms with Crippen molar-refractivity contribution in [2.24, 2.45) is 5.92 Å². The van der Waals surface area contributed by atoms with Gasteiger partial charge in [-0.3, -0.25) is 14.0 Å². The van der Waals surface area contributed by atoms with Gasteiger partial charge in [0.05, 0.1) is 5.52 Å². The number of carbonyl (C=O) groups is 2. The molecule has 6 heteroatoms. The number of amides is 2. The summed E-state index contributed by atoms with van der Waals surface area (Å²) in [4.78, 5) is 32.3. The van der Waals surface area contributed by atoms with Crippen LogP contribution in [0.2, 0.25) is 0 Å². The van der Waals surface area contributed by atoms with E-state index in [2.05, 4.69) is 17.2 Å². The van der Waals surface area contributed by atoms with Crippen LogP contribution in [0.5, 0.6) is 0 Å². The van der Waals surface area contributed by atoms with Crippen molar-refractivity contribution in [3.8, 4) is 0 Å². The van der Waals surface area contributed by atoms with Crippen LogP contribution in [0.3, 0.4) is 0 Å². The molecule has 1 saturated heterocycles. The first-order valence-corrected chi connectivity index (χ1v) is 10.1. The van der Waals surface area contributed by atoms with Crippen molar-refractivity contribution < 1.29 is 9.59 Å². The molecule has 4 rings (SSSR count). The van der Waals surface area contributed by atoms with Gasteiger partial charge in [0.1, 0.15) is 0 Å². The van der Waals surface area contributed by atoms with E-state index in [4.69, 9.17) is 0 Å². The topological polar surface area (TPSA) is 66.7 Å². The summed E-state index contributed by atoms with van der Waals surface area (Å²) >= 11 is 0. The average molecular weight is 390 g/mol. The molecule has 1 aliphatic rings. The minimum atomic E-state index is -0.293. The second-order valence-corrected chi connectivity index (χ2v) is 7.91. The number of likely N-dealkylation sites (tertiary alicyclic amines) is 1. The predicted octanol–water partition coefficient (Wildman–Crippen LogP) is 3.44. The van der Waals surface area contributed by atoms with E-state index in [0.29, 0.717) is 23.7 Å². The van der Waals surface area contributed by atoms with Gasteiger partial charge in [-0.1, -0.05) is 42.8 Å².